The largest absolute Gasteiger partial charge is 0.139 e. The lowest BCUT2D eigenvalue weighted by Gasteiger charge is -2.28. The molecule has 2 heteroatoms. The molecular weight excluding hydrogens is 165 g/mol. The second-order valence-corrected chi connectivity index (χ2v) is 3.55. The number of rotatable bonds is 1. The van der Waals surface area contributed by atoms with E-state index >= 15 is 0 Å². The Kier molecular flexibility index (Phi) is 2.60. The third-order valence-corrected chi connectivity index (χ3v) is 2.62. The molecule has 0 aromatic heterocycles. The first kappa shape index (κ1) is 8.70. The van der Waals surface area contributed by atoms with Gasteiger partial charge in [0.05, 0.1) is 6.04 Å². The molecule has 0 N–H and O–H groups in total. The molecule has 1 aliphatic heterocycles. The zero-order valence-corrected chi connectivity index (χ0v) is 7.62. The van der Waals surface area contributed by atoms with Crippen molar-refractivity contribution in [2.45, 2.75) is 25.3 Å². The van der Waals surface area contributed by atoms with Crippen molar-refractivity contribution in [1.29, 1.82) is 0 Å². The van der Waals surface area contributed by atoms with E-state index in [2.05, 4.69) is 0 Å². The third kappa shape index (κ3) is 1.89. The van der Waals surface area contributed by atoms with Crippen molar-refractivity contribution in [3.63, 3.8) is 0 Å². The van der Waals surface area contributed by atoms with Gasteiger partial charge in [0.2, 0.25) is 0 Å². The molecule has 0 saturated carbocycles. The molecule has 0 bridgehead atoms. The van der Waals surface area contributed by atoms with Gasteiger partial charge in [-0.3, -0.25) is 0 Å². The van der Waals surface area contributed by atoms with E-state index in [0.29, 0.717) is 6.54 Å². The maximum atomic E-state index is 13.4. The number of hydrogen-bond donors (Lipinski definition) is 0. The fourth-order valence-electron chi connectivity index (χ4n) is 1.90. The van der Waals surface area contributed by atoms with E-state index in [0.717, 1.165) is 29.9 Å². The van der Waals surface area contributed by atoms with Crippen LogP contribution in [0.5, 0.6) is 0 Å². The molecule has 1 aliphatic rings. The molecule has 2 rings (SSSR count). The molecular formula is C11H14FN. The molecule has 0 amide bonds. The molecule has 1 aromatic rings. The molecule has 1 unspecified atom stereocenters. The average molecular weight is 179 g/mol. The van der Waals surface area contributed by atoms with Crippen LogP contribution < -0.4 is 0 Å². The van der Waals surface area contributed by atoms with Crippen molar-refractivity contribution in [3.05, 3.63) is 35.9 Å². The van der Waals surface area contributed by atoms with Crippen molar-refractivity contribution >= 4 is 0 Å². The second-order valence-electron chi connectivity index (χ2n) is 3.55. The number of nitrogens with zero attached hydrogens (tertiary/aromatic N) is 1. The molecule has 1 heterocycles. The van der Waals surface area contributed by atoms with E-state index < -0.39 is 0 Å². The van der Waals surface area contributed by atoms with Crippen molar-refractivity contribution in [1.82, 2.24) is 5.12 Å². The van der Waals surface area contributed by atoms with Gasteiger partial charge in [0.15, 0.2) is 0 Å². The summed E-state index contributed by atoms with van der Waals surface area (Å²) < 4.78 is 13.4. The summed E-state index contributed by atoms with van der Waals surface area (Å²) in [6, 6.07) is 9.91. The van der Waals surface area contributed by atoms with Gasteiger partial charge in [-0.15, -0.1) is 9.60 Å². The quantitative estimate of drug-likeness (QED) is 0.599. The van der Waals surface area contributed by atoms with Crippen LogP contribution in [0.25, 0.3) is 0 Å². The molecule has 0 radical (unpaired) electrons. The molecule has 1 aromatic carbocycles. The highest BCUT2D eigenvalue weighted by Gasteiger charge is 2.23. The fourth-order valence-corrected chi connectivity index (χ4v) is 1.90. The van der Waals surface area contributed by atoms with Crippen LogP contribution in [0, 0.1) is 0 Å². The van der Waals surface area contributed by atoms with E-state index in [1.807, 2.05) is 30.3 Å². The first-order chi connectivity index (χ1) is 6.38. The topological polar surface area (TPSA) is 3.24 Å². The van der Waals surface area contributed by atoms with Crippen LogP contribution in [-0.4, -0.2) is 11.7 Å². The normalized spacial score (nSPS) is 24.5. The Morgan fingerprint density at radius 1 is 1.15 bits per heavy atom. The van der Waals surface area contributed by atoms with E-state index in [1.165, 1.54) is 0 Å². The SMILES string of the molecule is FN1CCCCC1c1ccccc1. The maximum Gasteiger partial charge on any atom is 0.0651 e. The summed E-state index contributed by atoms with van der Waals surface area (Å²) in [7, 11) is 0. The van der Waals surface area contributed by atoms with Crippen molar-refractivity contribution in [2.24, 2.45) is 0 Å². The van der Waals surface area contributed by atoms with Crippen LogP contribution in [0.1, 0.15) is 30.9 Å². The minimum absolute atomic E-state index is 0.00468. The minimum atomic E-state index is -0.00468. The van der Waals surface area contributed by atoms with Gasteiger partial charge in [-0.2, -0.15) is 0 Å². The summed E-state index contributed by atoms with van der Waals surface area (Å²) >= 11 is 0. The van der Waals surface area contributed by atoms with E-state index in [9.17, 15) is 4.48 Å². The number of piperidine rings is 1. The van der Waals surface area contributed by atoms with Gasteiger partial charge in [-0.1, -0.05) is 36.8 Å². The molecule has 0 spiro atoms. The first-order valence-corrected chi connectivity index (χ1v) is 4.85. The lowest BCUT2D eigenvalue weighted by molar-refractivity contribution is -0.0459. The summed E-state index contributed by atoms with van der Waals surface area (Å²) in [5.41, 5.74) is 1.10. The van der Waals surface area contributed by atoms with Crippen molar-refractivity contribution in [2.75, 3.05) is 6.54 Å². The Hall–Kier alpha value is -0.890. The minimum Gasteiger partial charge on any atom is -0.139 e. The molecule has 1 nitrogen and oxygen atoms in total. The summed E-state index contributed by atoms with van der Waals surface area (Å²) in [5.74, 6) is 0. The average Bonchev–Trinajstić information content (AvgIpc) is 2.20. The van der Waals surface area contributed by atoms with Crippen LogP contribution in [0.4, 0.5) is 4.48 Å². The highest BCUT2D eigenvalue weighted by molar-refractivity contribution is 5.18. The van der Waals surface area contributed by atoms with Gasteiger partial charge in [0, 0.05) is 6.54 Å². The van der Waals surface area contributed by atoms with E-state index in [4.69, 9.17) is 0 Å². The smallest absolute Gasteiger partial charge is 0.0651 e. The molecule has 1 atom stereocenters. The summed E-state index contributed by atoms with van der Waals surface area (Å²) in [5, 5.41) is 0.971. The Morgan fingerprint density at radius 2 is 1.92 bits per heavy atom. The van der Waals surface area contributed by atoms with Crippen LogP contribution in [0.2, 0.25) is 0 Å². The van der Waals surface area contributed by atoms with Gasteiger partial charge >= 0.3 is 0 Å². The lowest BCUT2D eigenvalue weighted by Crippen LogP contribution is -2.25. The Bertz CT molecular complexity index is 260. The summed E-state index contributed by atoms with van der Waals surface area (Å²) in [6.07, 6.45) is 3.07. The Morgan fingerprint density at radius 3 is 2.62 bits per heavy atom. The molecule has 13 heavy (non-hydrogen) atoms. The van der Waals surface area contributed by atoms with Crippen LogP contribution in [0.15, 0.2) is 30.3 Å². The van der Waals surface area contributed by atoms with Crippen LogP contribution in [0.3, 0.4) is 0 Å². The van der Waals surface area contributed by atoms with Gasteiger partial charge in [0.1, 0.15) is 0 Å². The predicted octanol–water partition coefficient (Wildman–Crippen LogP) is 3.10. The van der Waals surface area contributed by atoms with Crippen LogP contribution in [-0.2, 0) is 0 Å². The molecule has 70 valence electrons. The standard InChI is InChI=1S/C11H14FN/c12-13-9-5-4-8-11(13)10-6-2-1-3-7-10/h1-3,6-7,11H,4-5,8-9H2. The van der Waals surface area contributed by atoms with E-state index in [1.54, 1.807) is 0 Å². The monoisotopic (exact) mass is 179 g/mol. The zero-order valence-electron chi connectivity index (χ0n) is 7.62. The lowest BCUT2D eigenvalue weighted by atomic mass is 9.97. The molecule has 1 saturated heterocycles. The number of benzene rings is 1. The second kappa shape index (κ2) is 3.88. The number of halogens is 1. The first-order valence-electron chi connectivity index (χ1n) is 4.85. The Labute approximate surface area is 78.1 Å². The van der Waals surface area contributed by atoms with Gasteiger partial charge < -0.3 is 0 Å². The van der Waals surface area contributed by atoms with Crippen LogP contribution >= 0.6 is 0 Å². The Balaban J connectivity index is 2.15. The molecule has 1 fully saturated rings. The number of hydrogen-bond acceptors (Lipinski definition) is 1. The fraction of sp³-hybridized carbons (Fsp3) is 0.455. The summed E-state index contributed by atoms with van der Waals surface area (Å²) in [4.78, 5) is 0. The van der Waals surface area contributed by atoms with E-state index in [-0.39, 0.29) is 6.04 Å². The highest BCUT2D eigenvalue weighted by Crippen LogP contribution is 2.30. The van der Waals surface area contributed by atoms with Gasteiger partial charge in [-0.25, -0.2) is 0 Å². The zero-order chi connectivity index (χ0) is 9.10. The maximum absolute atomic E-state index is 13.4. The van der Waals surface area contributed by atoms with Gasteiger partial charge in [0.25, 0.3) is 0 Å². The van der Waals surface area contributed by atoms with Gasteiger partial charge in [-0.05, 0) is 18.4 Å². The summed E-state index contributed by atoms with van der Waals surface area (Å²) in [6.45, 7) is 0.583. The van der Waals surface area contributed by atoms with Crippen molar-refractivity contribution < 1.29 is 4.48 Å². The highest BCUT2D eigenvalue weighted by atomic mass is 19.2. The molecule has 0 aliphatic carbocycles. The third-order valence-electron chi connectivity index (χ3n) is 2.62. The van der Waals surface area contributed by atoms with Crippen molar-refractivity contribution in [3.8, 4) is 0 Å². The predicted molar refractivity (Wildman–Crippen MR) is 50.8 cm³/mol.